The van der Waals surface area contributed by atoms with Gasteiger partial charge in [-0.3, -0.25) is 0 Å². The second kappa shape index (κ2) is 6.23. The zero-order valence-corrected chi connectivity index (χ0v) is 14.0. The molecule has 0 radical (unpaired) electrons. The summed E-state index contributed by atoms with van der Waals surface area (Å²) in [6.07, 6.45) is 0. The average molecular weight is 440 g/mol. The van der Waals surface area contributed by atoms with E-state index in [2.05, 4.69) is 53.1 Å². The van der Waals surface area contributed by atoms with E-state index < -0.39 is 0 Å². The summed E-state index contributed by atoms with van der Waals surface area (Å²) in [4.78, 5) is 0. The zero-order valence-electron chi connectivity index (χ0n) is 9.21. The van der Waals surface area contributed by atoms with Gasteiger partial charge in [-0.1, -0.05) is 15.9 Å². The van der Waals surface area contributed by atoms with Crippen molar-refractivity contribution in [2.45, 2.75) is 13.2 Å². The second-order valence-electron chi connectivity index (χ2n) is 3.62. The number of benzene rings is 1. The van der Waals surface area contributed by atoms with E-state index in [0.717, 1.165) is 24.9 Å². The highest BCUT2D eigenvalue weighted by atomic mass is 79.9. The van der Waals surface area contributed by atoms with Gasteiger partial charge < -0.3 is 14.8 Å². The highest BCUT2D eigenvalue weighted by Crippen LogP contribution is 2.34. The molecule has 2 aromatic rings. The summed E-state index contributed by atoms with van der Waals surface area (Å²) in [6, 6.07) is 7.55. The number of rotatable bonds is 4. The van der Waals surface area contributed by atoms with E-state index in [1.54, 1.807) is 6.07 Å². The fraction of sp³-hybridized carbons (Fsp3) is 0.167. The third-order valence-corrected chi connectivity index (χ3v) is 4.03. The van der Waals surface area contributed by atoms with Crippen molar-refractivity contribution < 1.29 is 9.52 Å². The molecule has 0 saturated heterocycles. The lowest BCUT2D eigenvalue weighted by atomic mass is 10.3. The van der Waals surface area contributed by atoms with Gasteiger partial charge in [-0.2, -0.15) is 0 Å². The van der Waals surface area contributed by atoms with Crippen molar-refractivity contribution >= 4 is 53.5 Å². The summed E-state index contributed by atoms with van der Waals surface area (Å²) in [5, 5.41) is 12.2. The number of anilines is 1. The van der Waals surface area contributed by atoms with E-state index in [-0.39, 0.29) is 6.61 Å². The first-order valence-corrected chi connectivity index (χ1v) is 7.55. The van der Waals surface area contributed by atoms with Crippen LogP contribution < -0.4 is 5.32 Å². The molecule has 0 amide bonds. The number of aliphatic hydroxyl groups is 1. The zero-order chi connectivity index (χ0) is 13.1. The predicted octanol–water partition coefficient (Wildman–Crippen LogP) is 4.67. The third-order valence-electron chi connectivity index (χ3n) is 2.32. The molecule has 18 heavy (non-hydrogen) atoms. The van der Waals surface area contributed by atoms with Gasteiger partial charge in [0.1, 0.15) is 18.1 Å². The molecule has 0 atom stereocenters. The Hall–Kier alpha value is -0.300. The molecule has 0 saturated carbocycles. The van der Waals surface area contributed by atoms with Gasteiger partial charge in [0.2, 0.25) is 0 Å². The second-order valence-corrected chi connectivity index (χ2v) is 6.25. The Labute approximate surface area is 130 Å². The molecular formula is C12H10Br3NO2. The van der Waals surface area contributed by atoms with Crippen LogP contribution in [0.3, 0.4) is 0 Å². The number of furan rings is 1. The first-order valence-electron chi connectivity index (χ1n) is 5.17. The van der Waals surface area contributed by atoms with E-state index in [0.29, 0.717) is 12.3 Å². The van der Waals surface area contributed by atoms with Crippen LogP contribution in [0.5, 0.6) is 0 Å². The molecule has 0 bridgehead atoms. The molecule has 1 aromatic heterocycles. The average Bonchev–Trinajstić information content (AvgIpc) is 2.75. The molecule has 0 aliphatic heterocycles. The van der Waals surface area contributed by atoms with E-state index in [4.69, 9.17) is 9.52 Å². The van der Waals surface area contributed by atoms with Crippen LogP contribution in [0.2, 0.25) is 0 Å². The van der Waals surface area contributed by atoms with Gasteiger partial charge in [0.15, 0.2) is 0 Å². The largest absolute Gasteiger partial charge is 0.462 e. The Bertz CT molecular complexity index is 531. The Morgan fingerprint density at radius 1 is 1.06 bits per heavy atom. The van der Waals surface area contributed by atoms with Gasteiger partial charge in [-0.15, -0.1) is 0 Å². The van der Waals surface area contributed by atoms with Crippen molar-refractivity contribution in [2.24, 2.45) is 0 Å². The molecule has 2 rings (SSSR count). The Morgan fingerprint density at radius 2 is 1.67 bits per heavy atom. The molecule has 1 heterocycles. The predicted molar refractivity (Wildman–Crippen MR) is 81.5 cm³/mol. The van der Waals surface area contributed by atoms with Gasteiger partial charge >= 0.3 is 0 Å². The van der Waals surface area contributed by atoms with Crippen LogP contribution >= 0.6 is 47.8 Å². The lowest BCUT2D eigenvalue weighted by molar-refractivity contribution is 0.244. The summed E-state index contributed by atoms with van der Waals surface area (Å²) in [6.45, 7) is 0.477. The standard InChI is InChI=1S/C12H10Br3NO2/c13-7-3-10(14)12(11(15)4-7)16-5-8-1-2-9(6-17)18-8/h1-4,16-17H,5-6H2. The molecule has 0 fully saturated rings. The maximum atomic E-state index is 8.92. The molecule has 6 heteroatoms. The number of nitrogens with one attached hydrogen (secondary N) is 1. The molecule has 3 nitrogen and oxygen atoms in total. The van der Waals surface area contributed by atoms with Gasteiger partial charge in [-0.25, -0.2) is 0 Å². The molecule has 0 aliphatic carbocycles. The van der Waals surface area contributed by atoms with Gasteiger partial charge in [-0.05, 0) is 56.1 Å². The number of aliphatic hydroxyl groups excluding tert-OH is 1. The Morgan fingerprint density at radius 3 is 2.22 bits per heavy atom. The lowest BCUT2D eigenvalue weighted by Crippen LogP contribution is -2.00. The van der Waals surface area contributed by atoms with Crippen molar-refractivity contribution in [2.75, 3.05) is 5.32 Å². The molecule has 96 valence electrons. The minimum atomic E-state index is -0.0777. The minimum Gasteiger partial charge on any atom is -0.462 e. The highest BCUT2D eigenvalue weighted by Gasteiger charge is 2.08. The minimum absolute atomic E-state index is 0.0777. The first-order chi connectivity index (χ1) is 8.60. The highest BCUT2D eigenvalue weighted by molar-refractivity contribution is 9.11. The summed E-state index contributed by atoms with van der Waals surface area (Å²) >= 11 is 10.4. The van der Waals surface area contributed by atoms with Gasteiger partial charge in [0.05, 0.1) is 12.2 Å². The van der Waals surface area contributed by atoms with E-state index >= 15 is 0 Å². The first kappa shape index (κ1) is 14.1. The molecule has 2 N–H and O–H groups in total. The summed E-state index contributed by atoms with van der Waals surface area (Å²) < 4.78 is 8.31. The number of hydrogen-bond donors (Lipinski definition) is 2. The van der Waals surface area contributed by atoms with Crippen LogP contribution in [0.4, 0.5) is 5.69 Å². The van der Waals surface area contributed by atoms with E-state index in [1.807, 2.05) is 18.2 Å². The van der Waals surface area contributed by atoms with E-state index in [1.165, 1.54) is 0 Å². The van der Waals surface area contributed by atoms with Crippen LogP contribution in [0.15, 0.2) is 42.1 Å². The Balaban J connectivity index is 2.10. The van der Waals surface area contributed by atoms with E-state index in [9.17, 15) is 0 Å². The fourth-order valence-electron chi connectivity index (χ4n) is 1.49. The van der Waals surface area contributed by atoms with Crippen LogP contribution in [0.1, 0.15) is 11.5 Å². The maximum Gasteiger partial charge on any atom is 0.129 e. The molecular weight excluding hydrogens is 430 g/mol. The number of halogens is 3. The van der Waals surface area contributed by atoms with Crippen molar-refractivity contribution in [3.63, 3.8) is 0 Å². The SMILES string of the molecule is OCc1ccc(CNc2c(Br)cc(Br)cc2Br)o1. The Kier molecular flexibility index (Phi) is 4.89. The molecule has 0 unspecified atom stereocenters. The van der Waals surface area contributed by atoms with Crippen LogP contribution in [0.25, 0.3) is 0 Å². The molecule has 0 aliphatic rings. The lowest BCUT2D eigenvalue weighted by Gasteiger charge is -2.10. The fourth-order valence-corrected chi connectivity index (χ4v) is 4.03. The van der Waals surface area contributed by atoms with Gasteiger partial charge in [0.25, 0.3) is 0 Å². The topological polar surface area (TPSA) is 45.4 Å². The number of hydrogen-bond acceptors (Lipinski definition) is 3. The van der Waals surface area contributed by atoms with Gasteiger partial charge in [0, 0.05) is 13.4 Å². The van der Waals surface area contributed by atoms with Crippen LogP contribution in [0, 0.1) is 0 Å². The summed E-state index contributed by atoms with van der Waals surface area (Å²) in [5.41, 5.74) is 0.958. The normalized spacial score (nSPS) is 10.7. The van der Waals surface area contributed by atoms with Crippen molar-refractivity contribution in [3.05, 3.63) is 49.2 Å². The van der Waals surface area contributed by atoms with Crippen LogP contribution in [-0.4, -0.2) is 5.11 Å². The summed E-state index contributed by atoms with van der Waals surface area (Å²) in [7, 11) is 0. The smallest absolute Gasteiger partial charge is 0.129 e. The van der Waals surface area contributed by atoms with Crippen LogP contribution in [-0.2, 0) is 13.2 Å². The quantitative estimate of drug-likeness (QED) is 0.727. The third kappa shape index (κ3) is 3.38. The monoisotopic (exact) mass is 437 g/mol. The van der Waals surface area contributed by atoms with Crippen molar-refractivity contribution in [3.8, 4) is 0 Å². The van der Waals surface area contributed by atoms with Crippen molar-refractivity contribution in [1.82, 2.24) is 0 Å². The maximum absolute atomic E-state index is 8.92. The molecule has 0 spiro atoms. The van der Waals surface area contributed by atoms with Crippen molar-refractivity contribution in [1.29, 1.82) is 0 Å². The summed E-state index contributed by atoms with van der Waals surface area (Å²) in [5.74, 6) is 1.35. The molecule has 1 aromatic carbocycles.